The monoisotopic (exact) mass is 378 g/mol. The molecule has 0 radical (unpaired) electrons. The van der Waals surface area contributed by atoms with Crippen LogP contribution < -0.4 is 4.90 Å². The second-order valence-electron chi connectivity index (χ2n) is 6.73. The number of benzene rings is 2. The third kappa shape index (κ3) is 3.96. The molecule has 0 bridgehead atoms. The Morgan fingerprint density at radius 2 is 1.43 bits per heavy atom. The Hall–Kier alpha value is -3.02. The van der Waals surface area contributed by atoms with E-state index in [9.17, 15) is 9.59 Å². The van der Waals surface area contributed by atoms with Crippen molar-refractivity contribution in [1.29, 1.82) is 0 Å². The van der Waals surface area contributed by atoms with E-state index in [1.165, 1.54) is 4.90 Å². The maximum absolute atomic E-state index is 12.5. The highest BCUT2D eigenvalue weighted by atomic mass is 16.2. The molecule has 0 fully saturated rings. The molecule has 146 valence electrons. The summed E-state index contributed by atoms with van der Waals surface area (Å²) >= 11 is 0. The van der Waals surface area contributed by atoms with E-state index in [-0.39, 0.29) is 11.8 Å². The zero-order chi connectivity index (χ0) is 20.1. The fourth-order valence-electron chi connectivity index (χ4n) is 3.29. The SMILES string of the molecule is CCCCN1C(=O)c2ccc(N=Nc3ccc(N(CC)CC)cc3)cc2C1=O. The predicted octanol–water partition coefficient (Wildman–Crippen LogP) is 5.34. The third-order valence-corrected chi connectivity index (χ3v) is 4.95. The number of fused-ring (bicyclic) bond motifs is 1. The van der Waals surface area contributed by atoms with Gasteiger partial charge in [-0.1, -0.05) is 13.3 Å². The van der Waals surface area contributed by atoms with Crippen LogP contribution in [-0.4, -0.2) is 36.3 Å². The van der Waals surface area contributed by atoms with Crippen LogP contribution in [0.5, 0.6) is 0 Å². The number of hydrogen-bond acceptors (Lipinski definition) is 5. The number of unbranched alkanes of at least 4 members (excludes halogenated alkanes) is 1. The second kappa shape index (κ2) is 8.78. The molecular weight excluding hydrogens is 352 g/mol. The number of carbonyl (C=O) groups excluding carboxylic acids is 2. The summed E-state index contributed by atoms with van der Waals surface area (Å²) in [6, 6.07) is 12.9. The van der Waals surface area contributed by atoms with Crippen molar-refractivity contribution in [3.8, 4) is 0 Å². The maximum atomic E-state index is 12.5. The Bertz CT molecular complexity index is 886. The summed E-state index contributed by atoms with van der Waals surface area (Å²) in [5, 5.41) is 8.51. The Morgan fingerprint density at radius 3 is 2.07 bits per heavy atom. The number of nitrogens with zero attached hydrogens (tertiary/aromatic N) is 4. The average Bonchev–Trinajstić information content (AvgIpc) is 2.96. The van der Waals surface area contributed by atoms with Crippen LogP contribution >= 0.6 is 0 Å². The molecule has 2 amide bonds. The van der Waals surface area contributed by atoms with E-state index in [2.05, 4.69) is 29.0 Å². The Morgan fingerprint density at radius 1 is 0.821 bits per heavy atom. The number of hydrogen-bond donors (Lipinski definition) is 0. The summed E-state index contributed by atoms with van der Waals surface area (Å²) in [5.41, 5.74) is 3.31. The van der Waals surface area contributed by atoms with Crippen molar-refractivity contribution in [2.75, 3.05) is 24.5 Å². The summed E-state index contributed by atoms with van der Waals surface area (Å²) in [6.45, 7) is 8.65. The van der Waals surface area contributed by atoms with Crippen molar-refractivity contribution in [3.05, 3.63) is 53.6 Å². The summed E-state index contributed by atoms with van der Waals surface area (Å²) < 4.78 is 0. The number of azo groups is 1. The number of anilines is 1. The van der Waals surface area contributed by atoms with E-state index in [0.29, 0.717) is 23.4 Å². The minimum absolute atomic E-state index is 0.219. The van der Waals surface area contributed by atoms with Gasteiger partial charge < -0.3 is 4.90 Å². The lowest BCUT2D eigenvalue weighted by molar-refractivity contribution is 0.0652. The van der Waals surface area contributed by atoms with Gasteiger partial charge in [-0.2, -0.15) is 10.2 Å². The normalized spacial score (nSPS) is 13.5. The van der Waals surface area contributed by atoms with Gasteiger partial charge in [-0.05, 0) is 62.7 Å². The molecule has 1 aliphatic rings. The summed E-state index contributed by atoms with van der Waals surface area (Å²) in [4.78, 5) is 28.5. The summed E-state index contributed by atoms with van der Waals surface area (Å²) in [7, 11) is 0. The van der Waals surface area contributed by atoms with E-state index in [1.54, 1.807) is 18.2 Å². The van der Waals surface area contributed by atoms with Crippen molar-refractivity contribution in [2.24, 2.45) is 10.2 Å². The van der Waals surface area contributed by atoms with Crippen molar-refractivity contribution in [2.45, 2.75) is 33.6 Å². The smallest absolute Gasteiger partial charge is 0.261 e. The lowest BCUT2D eigenvalue weighted by Gasteiger charge is -2.20. The topological polar surface area (TPSA) is 65.3 Å². The summed E-state index contributed by atoms with van der Waals surface area (Å²) in [6.07, 6.45) is 1.74. The van der Waals surface area contributed by atoms with Gasteiger partial charge in [-0.3, -0.25) is 14.5 Å². The first-order valence-corrected chi connectivity index (χ1v) is 9.86. The Labute approximate surface area is 165 Å². The Kier molecular flexibility index (Phi) is 6.19. The first kappa shape index (κ1) is 19.7. The van der Waals surface area contributed by atoms with Crippen LogP contribution in [-0.2, 0) is 0 Å². The molecule has 0 atom stereocenters. The van der Waals surface area contributed by atoms with Crippen LogP contribution in [0.2, 0.25) is 0 Å². The van der Waals surface area contributed by atoms with Crippen LogP contribution in [0.4, 0.5) is 17.1 Å². The van der Waals surface area contributed by atoms with Gasteiger partial charge in [0.1, 0.15) is 0 Å². The molecule has 2 aromatic rings. The van der Waals surface area contributed by atoms with E-state index in [1.807, 2.05) is 31.2 Å². The van der Waals surface area contributed by atoms with Gasteiger partial charge in [0.15, 0.2) is 0 Å². The van der Waals surface area contributed by atoms with Crippen molar-refractivity contribution < 1.29 is 9.59 Å². The molecule has 0 saturated heterocycles. The molecule has 1 heterocycles. The molecule has 0 aromatic heterocycles. The van der Waals surface area contributed by atoms with Gasteiger partial charge in [0.05, 0.1) is 22.5 Å². The molecule has 0 aliphatic carbocycles. The fraction of sp³-hybridized carbons (Fsp3) is 0.364. The number of carbonyl (C=O) groups is 2. The molecule has 0 spiro atoms. The first-order valence-electron chi connectivity index (χ1n) is 9.86. The highest BCUT2D eigenvalue weighted by Crippen LogP contribution is 2.28. The zero-order valence-electron chi connectivity index (χ0n) is 16.7. The molecule has 0 N–H and O–H groups in total. The quantitative estimate of drug-likeness (QED) is 0.460. The van der Waals surface area contributed by atoms with Crippen LogP contribution in [0.25, 0.3) is 0 Å². The van der Waals surface area contributed by atoms with Crippen molar-refractivity contribution in [1.82, 2.24) is 4.90 Å². The average molecular weight is 378 g/mol. The minimum atomic E-state index is -0.242. The zero-order valence-corrected chi connectivity index (χ0v) is 16.7. The second-order valence-corrected chi connectivity index (χ2v) is 6.73. The lowest BCUT2D eigenvalue weighted by atomic mass is 10.1. The van der Waals surface area contributed by atoms with Crippen molar-refractivity contribution in [3.63, 3.8) is 0 Å². The molecule has 28 heavy (non-hydrogen) atoms. The molecule has 2 aromatic carbocycles. The third-order valence-electron chi connectivity index (χ3n) is 4.95. The number of imide groups is 1. The van der Waals surface area contributed by atoms with E-state index >= 15 is 0 Å². The number of amides is 2. The van der Waals surface area contributed by atoms with Crippen LogP contribution in [0, 0.1) is 0 Å². The van der Waals surface area contributed by atoms with E-state index in [0.717, 1.165) is 37.3 Å². The molecular formula is C22H26N4O2. The molecule has 6 heteroatoms. The largest absolute Gasteiger partial charge is 0.372 e. The molecule has 0 saturated carbocycles. The van der Waals surface area contributed by atoms with Crippen LogP contribution in [0.15, 0.2) is 52.7 Å². The number of rotatable bonds is 8. The van der Waals surface area contributed by atoms with E-state index in [4.69, 9.17) is 0 Å². The van der Waals surface area contributed by atoms with Gasteiger partial charge in [0, 0.05) is 25.3 Å². The fourth-order valence-corrected chi connectivity index (χ4v) is 3.29. The van der Waals surface area contributed by atoms with Gasteiger partial charge in [-0.25, -0.2) is 0 Å². The predicted molar refractivity (Wildman–Crippen MR) is 111 cm³/mol. The van der Waals surface area contributed by atoms with Gasteiger partial charge in [-0.15, -0.1) is 0 Å². The minimum Gasteiger partial charge on any atom is -0.372 e. The summed E-state index contributed by atoms with van der Waals surface area (Å²) in [5.74, 6) is -0.460. The standard InChI is InChI=1S/C22H26N4O2/c1-4-7-14-26-21(27)19-13-10-17(15-20(19)22(26)28)24-23-16-8-11-18(12-9-16)25(5-2)6-3/h8-13,15H,4-7,14H2,1-3H3. The maximum Gasteiger partial charge on any atom is 0.261 e. The molecule has 1 aliphatic heterocycles. The molecule has 3 rings (SSSR count). The van der Waals surface area contributed by atoms with Crippen molar-refractivity contribution >= 4 is 28.9 Å². The highest BCUT2D eigenvalue weighted by molar-refractivity contribution is 6.21. The molecule has 0 unspecified atom stereocenters. The highest BCUT2D eigenvalue weighted by Gasteiger charge is 2.35. The van der Waals surface area contributed by atoms with Gasteiger partial charge in [0.2, 0.25) is 0 Å². The van der Waals surface area contributed by atoms with Crippen LogP contribution in [0.3, 0.4) is 0 Å². The van der Waals surface area contributed by atoms with Gasteiger partial charge in [0.25, 0.3) is 11.8 Å². The Balaban J connectivity index is 1.76. The van der Waals surface area contributed by atoms with Crippen LogP contribution in [0.1, 0.15) is 54.3 Å². The van der Waals surface area contributed by atoms with Gasteiger partial charge >= 0.3 is 0 Å². The lowest BCUT2D eigenvalue weighted by Crippen LogP contribution is -2.30. The molecule has 6 nitrogen and oxygen atoms in total. The van der Waals surface area contributed by atoms with E-state index < -0.39 is 0 Å². The first-order chi connectivity index (χ1) is 13.6.